The molecule has 0 radical (unpaired) electrons. The van der Waals surface area contributed by atoms with Crippen molar-refractivity contribution in [2.45, 2.75) is 320 Å². The summed E-state index contributed by atoms with van der Waals surface area (Å²) in [6.07, 6.45) is 71.9. The van der Waals surface area contributed by atoms with Gasteiger partial charge in [0, 0.05) is 6.42 Å². The van der Waals surface area contributed by atoms with Crippen LogP contribution in [0.3, 0.4) is 0 Å². The molecule has 7 atom stereocenters. The Kier molecular flexibility index (Phi) is 52.3. The highest BCUT2D eigenvalue weighted by Crippen LogP contribution is 2.23. The molecule has 1 amide bonds. The molecule has 6 N–H and O–H groups in total. The van der Waals surface area contributed by atoms with Gasteiger partial charge in [-0.3, -0.25) is 4.79 Å². The van der Waals surface area contributed by atoms with E-state index in [4.69, 9.17) is 9.47 Å². The molecule has 0 aromatic carbocycles. The molecule has 1 fully saturated rings. The first-order valence-corrected chi connectivity index (χ1v) is 31.8. The molecule has 76 heavy (non-hydrogen) atoms. The third-order valence-corrected chi connectivity index (χ3v) is 14.8. The molecule has 0 aromatic rings. The molecular weight excluding hydrogens is 947 g/mol. The monoisotopic (exact) mass is 1070 g/mol. The second kappa shape index (κ2) is 55.7. The highest BCUT2D eigenvalue weighted by molar-refractivity contribution is 5.76. The van der Waals surface area contributed by atoms with Crippen LogP contribution in [-0.2, 0) is 14.3 Å². The molecule has 1 saturated heterocycles. The van der Waals surface area contributed by atoms with Crippen LogP contribution in [0, 0.1) is 0 Å². The van der Waals surface area contributed by atoms with Crippen molar-refractivity contribution in [3.63, 3.8) is 0 Å². The van der Waals surface area contributed by atoms with Crippen LogP contribution in [0.2, 0.25) is 0 Å². The van der Waals surface area contributed by atoms with Crippen molar-refractivity contribution in [1.82, 2.24) is 5.32 Å². The summed E-state index contributed by atoms with van der Waals surface area (Å²) in [6, 6.07) is -0.724. The lowest BCUT2D eigenvalue weighted by Gasteiger charge is -2.40. The van der Waals surface area contributed by atoms with E-state index in [0.29, 0.717) is 12.8 Å². The van der Waals surface area contributed by atoms with E-state index >= 15 is 0 Å². The smallest absolute Gasteiger partial charge is 0.220 e. The number of carbonyl (C=O) groups excluding carboxylic acids is 1. The Bertz CT molecular complexity index is 1470. The standard InChI is InChI=1S/C67H119NO8/c1-3-5-7-9-11-13-15-17-19-21-23-24-25-26-27-28-29-30-31-32-33-34-35-36-37-38-39-41-43-45-47-49-51-53-55-57-63(71)68-60(59-75-67-66(74)65(73)64(72)62(58-69)76-67)61(70)56-54-52-50-48-46-44-42-40-22-20-18-16-14-12-10-8-6-4-2/h5,7,11,13,17,19,23-24,26-27,29-30,32-33,60-62,64-67,69-70,72-74H,3-4,6,8-10,12,14-16,18,20-22,25,28,31,34-59H2,1-2H3,(H,68,71)/b7-5-,13-11-,19-17-,24-23-,27-26-,30-29-,33-32-. The lowest BCUT2D eigenvalue weighted by Crippen LogP contribution is -2.60. The molecular formula is C67H119NO8. The number of rotatable bonds is 54. The fourth-order valence-corrected chi connectivity index (χ4v) is 9.79. The minimum atomic E-state index is -1.56. The molecule has 440 valence electrons. The van der Waals surface area contributed by atoms with E-state index < -0.39 is 49.5 Å². The van der Waals surface area contributed by atoms with Crippen LogP contribution in [0.5, 0.6) is 0 Å². The predicted octanol–water partition coefficient (Wildman–Crippen LogP) is 16.6. The average Bonchev–Trinajstić information content (AvgIpc) is 3.42. The van der Waals surface area contributed by atoms with Gasteiger partial charge in [0.2, 0.25) is 5.91 Å². The summed E-state index contributed by atoms with van der Waals surface area (Å²) in [5, 5.41) is 54.8. The molecule has 0 aliphatic carbocycles. The van der Waals surface area contributed by atoms with E-state index in [1.807, 2.05) is 0 Å². The predicted molar refractivity (Wildman–Crippen MR) is 322 cm³/mol. The summed E-state index contributed by atoms with van der Waals surface area (Å²) in [6.45, 7) is 3.74. The number of amides is 1. The molecule has 1 rings (SSSR count). The Morgan fingerprint density at radius 2 is 0.816 bits per heavy atom. The SMILES string of the molecule is CC/C=C\C/C=C\C/C=C\C/C=C\C/C=C\C/C=C\C/C=C\CCCCCCCCCCCCCCCC(=O)NC(COC1OC(CO)C(O)C(O)C1O)C(O)CCCCCCCCCCCCCCCCCCCC. The van der Waals surface area contributed by atoms with E-state index in [9.17, 15) is 30.3 Å². The van der Waals surface area contributed by atoms with E-state index in [0.717, 1.165) is 83.5 Å². The van der Waals surface area contributed by atoms with Gasteiger partial charge in [-0.15, -0.1) is 0 Å². The third-order valence-electron chi connectivity index (χ3n) is 14.8. The van der Waals surface area contributed by atoms with Gasteiger partial charge in [0.15, 0.2) is 6.29 Å². The van der Waals surface area contributed by atoms with Crippen molar-refractivity contribution in [3.05, 3.63) is 85.1 Å². The summed E-state index contributed by atoms with van der Waals surface area (Å²) in [7, 11) is 0. The zero-order valence-electron chi connectivity index (χ0n) is 49.0. The first-order chi connectivity index (χ1) is 37.3. The van der Waals surface area contributed by atoms with Crippen LogP contribution in [0.15, 0.2) is 85.1 Å². The summed E-state index contributed by atoms with van der Waals surface area (Å²) < 4.78 is 11.3. The van der Waals surface area contributed by atoms with Crippen LogP contribution in [0.25, 0.3) is 0 Å². The largest absolute Gasteiger partial charge is 0.394 e. The van der Waals surface area contributed by atoms with Gasteiger partial charge in [-0.25, -0.2) is 0 Å². The van der Waals surface area contributed by atoms with E-state index in [1.54, 1.807) is 0 Å². The molecule has 9 nitrogen and oxygen atoms in total. The molecule has 0 saturated carbocycles. The van der Waals surface area contributed by atoms with Crippen molar-refractivity contribution in [2.24, 2.45) is 0 Å². The van der Waals surface area contributed by atoms with Crippen LogP contribution in [0.1, 0.15) is 277 Å². The maximum atomic E-state index is 13.1. The fraction of sp³-hybridized carbons (Fsp3) is 0.776. The summed E-state index contributed by atoms with van der Waals surface area (Å²) in [4.78, 5) is 13.1. The number of unbranched alkanes of at least 4 members (excludes halogenated alkanes) is 30. The number of aliphatic hydroxyl groups is 5. The van der Waals surface area contributed by atoms with Crippen LogP contribution in [0.4, 0.5) is 0 Å². The molecule has 0 bridgehead atoms. The summed E-state index contributed by atoms with van der Waals surface area (Å²) in [5.74, 6) is -0.146. The highest BCUT2D eigenvalue weighted by atomic mass is 16.7. The minimum absolute atomic E-state index is 0.140. The Labute approximate surface area is 467 Å². The minimum Gasteiger partial charge on any atom is -0.394 e. The van der Waals surface area contributed by atoms with Crippen molar-refractivity contribution in [1.29, 1.82) is 0 Å². The van der Waals surface area contributed by atoms with Crippen LogP contribution in [-0.4, -0.2) is 87.5 Å². The molecule has 1 heterocycles. The molecule has 7 unspecified atom stereocenters. The average molecular weight is 1070 g/mol. The first kappa shape index (κ1) is 71.4. The van der Waals surface area contributed by atoms with Crippen molar-refractivity contribution in [3.8, 4) is 0 Å². The van der Waals surface area contributed by atoms with E-state index in [2.05, 4.69) is 104 Å². The maximum Gasteiger partial charge on any atom is 0.220 e. The zero-order valence-corrected chi connectivity index (χ0v) is 49.0. The number of allylic oxidation sites excluding steroid dienone is 14. The van der Waals surface area contributed by atoms with Gasteiger partial charge in [0.05, 0.1) is 25.4 Å². The van der Waals surface area contributed by atoms with Gasteiger partial charge in [-0.05, 0) is 70.6 Å². The lowest BCUT2D eigenvalue weighted by molar-refractivity contribution is -0.302. The van der Waals surface area contributed by atoms with Crippen LogP contribution >= 0.6 is 0 Å². The number of hydrogen-bond donors (Lipinski definition) is 6. The number of aliphatic hydroxyl groups excluding tert-OH is 5. The van der Waals surface area contributed by atoms with Gasteiger partial charge in [0.25, 0.3) is 0 Å². The second-order valence-corrected chi connectivity index (χ2v) is 21.8. The summed E-state index contributed by atoms with van der Waals surface area (Å²) in [5.41, 5.74) is 0. The Hall–Kier alpha value is -2.63. The number of nitrogens with one attached hydrogen (secondary N) is 1. The van der Waals surface area contributed by atoms with Gasteiger partial charge in [0.1, 0.15) is 24.4 Å². The topological polar surface area (TPSA) is 149 Å². The number of hydrogen-bond acceptors (Lipinski definition) is 8. The zero-order chi connectivity index (χ0) is 55.0. The normalized spacial score (nSPS) is 19.4. The van der Waals surface area contributed by atoms with E-state index in [1.165, 1.54) is 167 Å². The van der Waals surface area contributed by atoms with E-state index in [-0.39, 0.29) is 12.5 Å². The van der Waals surface area contributed by atoms with Crippen molar-refractivity contribution < 1.29 is 39.8 Å². The number of carbonyl (C=O) groups is 1. The fourth-order valence-electron chi connectivity index (χ4n) is 9.79. The highest BCUT2D eigenvalue weighted by Gasteiger charge is 2.44. The Morgan fingerprint density at radius 3 is 1.21 bits per heavy atom. The second-order valence-electron chi connectivity index (χ2n) is 21.8. The molecule has 0 aromatic heterocycles. The maximum absolute atomic E-state index is 13.1. The molecule has 1 aliphatic rings. The van der Waals surface area contributed by atoms with Gasteiger partial charge in [-0.2, -0.15) is 0 Å². The quantitative estimate of drug-likeness (QED) is 0.0261. The number of ether oxygens (including phenoxy) is 2. The molecule has 1 aliphatic heterocycles. The molecule has 9 heteroatoms. The van der Waals surface area contributed by atoms with Crippen LogP contribution < -0.4 is 5.32 Å². The summed E-state index contributed by atoms with van der Waals surface area (Å²) >= 11 is 0. The Morgan fingerprint density at radius 1 is 0.461 bits per heavy atom. The van der Waals surface area contributed by atoms with Gasteiger partial charge in [-0.1, -0.05) is 285 Å². The molecule has 0 spiro atoms. The van der Waals surface area contributed by atoms with Crippen molar-refractivity contribution in [2.75, 3.05) is 13.2 Å². The third kappa shape index (κ3) is 44.2. The van der Waals surface area contributed by atoms with Crippen molar-refractivity contribution >= 4 is 5.91 Å². The lowest BCUT2D eigenvalue weighted by atomic mass is 9.99. The van der Waals surface area contributed by atoms with Gasteiger partial charge < -0.3 is 40.3 Å². The van der Waals surface area contributed by atoms with Gasteiger partial charge >= 0.3 is 0 Å². The Balaban J connectivity index is 2.14. The first-order valence-electron chi connectivity index (χ1n) is 31.8.